The van der Waals surface area contributed by atoms with Crippen molar-refractivity contribution in [3.05, 3.63) is 219 Å². The molecule has 15 heteroatoms. The number of amides is 2. The number of rotatable bonds is 16. The maximum Gasteiger partial charge on any atom is 0.508 e. The minimum Gasteiger partial charge on any atom is -0.459 e. The number of nitro groups is 1. The molecular weight excluding hydrogens is 851 g/mol. The number of thioether (sulfide) groups is 1. The predicted molar refractivity (Wildman–Crippen MR) is 237 cm³/mol. The number of nitro benzene ring substituents is 1. The maximum atomic E-state index is 15.5. The van der Waals surface area contributed by atoms with Gasteiger partial charge in [-0.3, -0.25) is 24.5 Å². The molecule has 2 heterocycles. The molecule has 0 radical (unpaired) electrons. The minimum atomic E-state index is -2.00. The zero-order valence-corrected chi connectivity index (χ0v) is 35.4. The summed E-state index contributed by atoms with van der Waals surface area (Å²) in [4.78, 5) is 82.4. The highest BCUT2D eigenvalue weighted by Gasteiger charge is 2.72. The van der Waals surface area contributed by atoms with Crippen LogP contribution < -0.4 is 5.32 Å². The molecule has 0 aromatic heterocycles. The van der Waals surface area contributed by atoms with Gasteiger partial charge >= 0.3 is 18.1 Å². The molecule has 1 N–H and O–H groups in total. The Labute approximate surface area is 377 Å². The molecule has 6 aromatic carbocycles. The van der Waals surface area contributed by atoms with Crippen molar-refractivity contribution in [1.29, 1.82) is 0 Å². The first kappa shape index (κ1) is 43.9. The molecule has 8 rings (SSSR count). The maximum absolute atomic E-state index is 15.5. The van der Waals surface area contributed by atoms with E-state index in [1.54, 1.807) is 48.5 Å². The van der Waals surface area contributed by atoms with Crippen molar-refractivity contribution in [3.63, 3.8) is 0 Å². The molecule has 0 spiro atoms. The van der Waals surface area contributed by atoms with E-state index in [2.05, 4.69) is 5.32 Å². The number of hydrogen-bond acceptors (Lipinski definition) is 12. The SMILES string of the molecule is O=C(Cc1ccccc1)N[C@@H]1C(=O)N2[C@@H]1SC(C(=O)OC(c1ccccc1)c1ccccc1)(c1ccc(COC(=O)OCc3ccccc3)cc1)[C@@H]2C(=O)OCc1ccc([N+](=O)[O-])cc1. The van der Waals surface area contributed by atoms with Crippen LogP contribution in [-0.2, 0) is 69.1 Å². The normalized spacial score (nSPS) is 18.4. The van der Waals surface area contributed by atoms with Crippen molar-refractivity contribution in [1.82, 2.24) is 10.2 Å². The molecule has 1 unspecified atom stereocenters. The van der Waals surface area contributed by atoms with Crippen LogP contribution in [0.2, 0.25) is 0 Å². The molecule has 2 aliphatic heterocycles. The number of benzene rings is 6. The Morgan fingerprint density at radius 1 is 0.646 bits per heavy atom. The number of nitrogens with zero attached hydrogens (tertiary/aromatic N) is 2. The fourth-order valence-corrected chi connectivity index (χ4v) is 9.53. The Kier molecular flexibility index (Phi) is 13.3. The largest absolute Gasteiger partial charge is 0.508 e. The van der Waals surface area contributed by atoms with Gasteiger partial charge in [-0.05, 0) is 51.1 Å². The third-order valence-electron chi connectivity index (χ3n) is 11.0. The summed E-state index contributed by atoms with van der Waals surface area (Å²) in [5.41, 5.74) is 3.82. The van der Waals surface area contributed by atoms with Crippen LogP contribution >= 0.6 is 11.8 Å². The molecular formula is C50H41N3O11S. The molecule has 2 amide bonds. The summed E-state index contributed by atoms with van der Waals surface area (Å²) in [7, 11) is 0. The summed E-state index contributed by atoms with van der Waals surface area (Å²) < 4.78 is 21.0. The van der Waals surface area contributed by atoms with E-state index in [1.165, 1.54) is 29.2 Å². The summed E-state index contributed by atoms with van der Waals surface area (Å²) in [6.07, 6.45) is -1.87. The fourth-order valence-electron chi connectivity index (χ4n) is 7.73. The van der Waals surface area contributed by atoms with Crippen LogP contribution in [0.25, 0.3) is 0 Å². The highest BCUT2D eigenvalue weighted by Crippen LogP contribution is 2.58. The molecule has 0 bridgehead atoms. The minimum absolute atomic E-state index is 0.0131. The van der Waals surface area contributed by atoms with Crippen LogP contribution in [0.5, 0.6) is 0 Å². The first-order valence-electron chi connectivity index (χ1n) is 20.6. The lowest BCUT2D eigenvalue weighted by molar-refractivity contribution is -0.384. The van der Waals surface area contributed by atoms with Crippen molar-refractivity contribution in [2.75, 3.05) is 0 Å². The van der Waals surface area contributed by atoms with Gasteiger partial charge in [-0.1, -0.05) is 146 Å². The summed E-state index contributed by atoms with van der Waals surface area (Å²) >= 11 is 0.988. The summed E-state index contributed by atoms with van der Waals surface area (Å²) in [5, 5.41) is 13.2. The topological polar surface area (TPSA) is 181 Å². The molecule has 4 atom stereocenters. The zero-order valence-electron chi connectivity index (χ0n) is 34.6. The van der Waals surface area contributed by atoms with Crippen molar-refractivity contribution in [3.8, 4) is 0 Å². The van der Waals surface area contributed by atoms with Crippen LogP contribution in [0.1, 0.15) is 45.0 Å². The summed E-state index contributed by atoms with van der Waals surface area (Å²) in [5.74, 6) is -2.88. The molecule has 2 aliphatic rings. The first-order chi connectivity index (χ1) is 31.6. The lowest BCUT2D eigenvalue weighted by atomic mass is 9.86. The van der Waals surface area contributed by atoms with Crippen LogP contribution in [0.4, 0.5) is 10.5 Å². The van der Waals surface area contributed by atoms with Crippen molar-refractivity contribution < 1.29 is 47.8 Å². The van der Waals surface area contributed by atoms with Crippen LogP contribution in [0, 0.1) is 10.1 Å². The first-order valence-corrected chi connectivity index (χ1v) is 21.5. The number of ether oxygens (including phenoxy) is 4. The van der Waals surface area contributed by atoms with Gasteiger partial charge in [0.1, 0.15) is 31.2 Å². The van der Waals surface area contributed by atoms with E-state index in [9.17, 15) is 29.3 Å². The number of esters is 2. The van der Waals surface area contributed by atoms with Crippen molar-refractivity contribution >= 4 is 47.4 Å². The van der Waals surface area contributed by atoms with E-state index in [0.29, 0.717) is 22.3 Å². The monoisotopic (exact) mass is 891 g/mol. The third-order valence-corrected chi connectivity index (χ3v) is 12.7. The van der Waals surface area contributed by atoms with Crippen LogP contribution in [0.3, 0.4) is 0 Å². The van der Waals surface area contributed by atoms with E-state index in [-0.39, 0.29) is 37.5 Å². The van der Waals surface area contributed by atoms with Crippen LogP contribution in [0.15, 0.2) is 170 Å². The van der Waals surface area contributed by atoms with E-state index < -0.39 is 63.1 Å². The Hall–Kier alpha value is -7.78. The van der Waals surface area contributed by atoms with Crippen LogP contribution in [-0.4, -0.2) is 57.2 Å². The zero-order chi connectivity index (χ0) is 45.3. The van der Waals surface area contributed by atoms with Gasteiger partial charge in [0, 0.05) is 12.1 Å². The van der Waals surface area contributed by atoms with Crippen molar-refractivity contribution in [2.24, 2.45) is 0 Å². The van der Waals surface area contributed by atoms with E-state index in [4.69, 9.17) is 18.9 Å². The van der Waals surface area contributed by atoms with Crippen molar-refractivity contribution in [2.45, 2.75) is 54.6 Å². The van der Waals surface area contributed by atoms with Gasteiger partial charge in [-0.15, -0.1) is 11.8 Å². The van der Waals surface area contributed by atoms with Gasteiger partial charge in [-0.2, -0.15) is 0 Å². The number of carbonyl (C=O) groups is 5. The standard InChI is InChI=1S/C50H41N3O11S/c54-41(29-33-13-5-1-6-14-33)51-42-45(55)52-44(47(56)61-30-36-23-27-40(28-24-36)53(59)60)50(65-46(42)52,48(57)64-43(37-17-9-3-10-18-37)38-19-11-4-12-20-38)39-25-21-35(22-26-39)32-63-49(58)62-31-34-15-7-2-8-16-34/h1-28,42-44,46H,29-32H2,(H,51,54)/t42-,44+,46-,50?/m1/s1. The molecule has 0 saturated carbocycles. The lowest BCUT2D eigenvalue weighted by Gasteiger charge is -2.44. The fraction of sp³-hybridized carbons (Fsp3) is 0.180. The van der Waals surface area contributed by atoms with Gasteiger partial charge in [0.2, 0.25) is 11.8 Å². The molecule has 328 valence electrons. The Balaban J connectivity index is 1.14. The second-order valence-electron chi connectivity index (χ2n) is 15.2. The Morgan fingerprint density at radius 3 is 1.66 bits per heavy atom. The van der Waals surface area contributed by atoms with E-state index in [1.807, 2.05) is 97.1 Å². The third kappa shape index (κ3) is 9.75. The summed E-state index contributed by atoms with van der Waals surface area (Å²) in [6, 6.07) is 45.4. The summed E-state index contributed by atoms with van der Waals surface area (Å²) in [6.45, 7) is -0.522. The van der Waals surface area contributed by atoms with E-state index in [0.717, 1.165) is 22.9 Å². The number of hydrogen-bond donors (Lipinski definition) is 1. The number of non-ortho nitro benzene ring substituents is 1. The van der Waals surface area contributed by atoms with Gasteiger partial charge in [0.05, 0.1) is 11.3 Å². The highest BCUT2D eigenvalue weighted by atomic mass is 32.2. The Morgan fingerprint density at radius 2 is 1.12 bits per heavy atom. The Bertz CT molecular complexity index is 2620. The number of carbonyl (C=O) groups excluding carboxylic acids is 5. The van der Waals surface area contributed by atoms with E-state index >= 15 is 4.79 Å². The van der Waals surface area contributed by atoms with Gasteiger partial charge in [0.25, 0.3) is 5.69 Å². The average molecular weight is 892 g/mol. The average Bonchev–Trinajstić information content (AvgIpc) is 3.67. The second-order valence-corrected chi connectivity index (χ2v) is 16.6. The second kappa shape index (κ2) is 19.7. The quantitative estimate of drug-likeness (QED) is 0.0329. The van der Waals surface area contributed by atoms with Gasteiger partial charge in [0.15, 0.2) is 16.9 Å². The highest BCUT2D eigenvalue weighted by molar-refractivity contribution is 8.02. The van der Waals surface area contributed by atoms with Gasteiger partial charge in [-0.25, -0.2) is 9.59 Å². The predicted octanol–water partition coefficient (Wildman–Crippen LogP) is 7.73. The number of fused-ring (bicyclic) bond motifs is 1. The molecule has 2 saturated heterocycles. The number of nitrogens with one attached hydrogen (secondary N) is 1. The lowest BCUT2D eigenvalue weighted by Crippen LogP contribution is -2.71. The molecule has 6 aromatic rings. The number of β-lactam (4-membered cyclic amide) rings is 1. The smallest absolute Gasteiger partial charge is 0.459 e. The van der Waals surface area contributed by atoms with Gasteiger partial charge < -0.3 is 29.2 Å². The molecule has 65 heavy (non-hydrogen) atoms. The molecule has 14 nitrogen and oxygen atoms in total. The molecule has 0 aliphatic carbocycles. The molecule has 2 fully saturated rings.